The smallest absolute Gasteiger partial charge is 0.321 e. The number of amides is 3. The van der Waals surface area contributed by atoms with E-state index < -0.39 is 17.2 Å². The second-order valence-electron chi connectivity index (χ2n) is 5.44. The summed E-state index contributed by atoms with van der Waals surface area (Å²) in [6.45, 7) is 2.22. The zero-order valence-corrected chi connectivity index (χ0v) is 14.0. The fourth-order valence-corrected chi connectivity index (χ4v) is 3.03. The van der Waals surface area contributed by atoms with Crippen molar-refractivity contribution in [2.24, 2.45) is 0 Å². The monoisotopic (exact) mass is 346 g/mol. The molecule has 2 aromatic rings. The highest BCUT2D eigenvalue weighted by Gasteiger charge is 2.31. The van der Waals surface area contributed by atoms with E-state index in [1.807, 2.05) is 30.3 Å². The summed E-state index contributed by atoms with van der Waals surface area (Å²) in [4.78, 5) is 24.1. The van der Waals surface area contributed by atoms with Crippen LogP contribution in [0.1, 0.15) is 42.4 Å². The van der Waals surface area contributed by atoms with Crippen molar-refractivity contribution in [3.63, 3.8) is 0 Å². The summed E-state index contributed by atoms with van der Waals surface area (Å²) in [5.41, 5.74) is 0.760. The van der Waals surface area contributed by atoms with Crippen LogP contribution in [0.25, 0.3) is 0 Å². The quantitative estimate of drug-likeness (QED) is 0.781. The number of benzene rings is 1. The average Bonchev–Trinajstić information content (AvgIpc) is 3.32. The Labute approximate surface area is 143 Å². The van der Waals surface area contributed by atoms with Crippen molar-refractivity contribution in [3.8, 4) is 0 Å². The van der Waals surface area contributed by atoms with Crippen LogP contribution in [0.15, 0.2) is 40.0 Å². The summed E-state index contributed by atoms with van der Waals surface area (Å²) in [6, 6.07) is 8.68. The van der Waals surface area contributed by atoms with Gasteiger partial charge in [-0.15, -0.1) is 10.2 Å². The molecule has 0 unspecified atom stereocenters. The van der Waals surface area contributed by atoms with E-state index in [1.165, 1.54) is 0 Å². The standard InChI is InChI=1S/C16H18N4O3S/c1-2-17-15(22)18-13(21)12(10-6-4-3-5-7-10)24-16-20-19-14(23-16)11-8-9-11/h3-7,11-12H,2,8-9H2,1H3,(H2,17,18,21,22)/t12-/m1/s1. The molecule has 1 heterocycles. The maximum atomic E-state index is 12.5. The molecule has 0 spiro atoms. The molecule has 8 heteroatoms. The predicted molar refractivity (Wildman–Crippen MR) is 88.5 cm³/mol. The third-order valence-corrected chi connectivity index (χ3v) is 4.57. The highest BCUT2D eigenvalue weighted by atomic mass is 32.2. The lowest BCUT2D eigenvalue weighted by Gasteiger charge is -2.14. The topological polar surface area (TPSA) is 97.1 Å². The molecule has 126 valence electrons. The maximum absolute atomic E-state index is 12.5. The van der Waals surface area contributed by atoms with Crippen LogP contribution in [-0.2, 0) is 4.79 Å². The summed E-state index contributed by atoms with van der Waals surface area (Å²) in [5, 5.41) is 12.6. The van der Waals surface area contributed by atoms with Crippen molar-refractivity contribution in [1.29, 1.82) is 0 Å². The minimum absolute atomic E-state index is 0.330. The summed E-state index contributed by atoms with van der Waals surface area (Å²) in [6.07, 6.45) is 2.12. The highest BCUT2D eigenvalue weighted by Crippen LogP contribution is 2.41. The van der Waals surface area contributed by atoms with Gasteiger partial charge in [0.15, 0.2) is 0 Å². The zero-order valence-electron chi connectivity index (χ0n) is 13.2. The fraction of sp³-hybridized carbons (Fsp3) is 0.375. The lowest BCUT2D eigenvalue weighted by molar-refractivity contribution is -0.119. The number of carbonyl (C=O) groups is 2. The number of urea groups is 1. The molecule has 0 aliphatic heterocycles. The summed E-state index contributed by atoms with van der Waals surface area (Å²) >= 11 is 1.14. The normalized spacial score (nSPS) is 14.9. The van der Waals surface area contributed by atoms with Gasteiger partial charge in [0.1, 0.15) is 5.25 Å². The number of hydrogen-bond acceptors (Lipinski definition) is 6. The molecule has 1 fully saturated rings. The largest absolute Gasteiger partial charge is 0.416 e. The third kappa shape index (κ3) is 4.14. The Morgan fingerprint density at radius 2 is 2.04 bits per heavy atom. The van der Waals surface area contributed by atoms with Gasteiger partial charge in [0.05, 0.1) is 0 Å². The molecule has 7 nitrogen and oxygen atoms in total. The molecule has 3 rings (SSSR count). The van der Waals surface area contributed by atoms with Gasteiger partial charge in [-0.3, -0.25) is 10.1 Å². The van der Waals surface area contributed by atoms with Crippen LogP contribution in [0.4, 0.5) is 4.79 Å². The predicted octanol–water partition coefficient (Wildman–Crippen LogP) is 2.63. The van der Waals surface area contributed by atoms with E-state index in [2.05, 4.69) is 20.8 Å². The number of carbonyl (C=O) groups excluding carboxylic acids is 2. The highest BCUT2D eigenvalue weighted by molar-refractivity contribution is 8.00. The Morgan fingerprint density at radius 1 is 1.29 bits per heavy atom. The number of nitrogens with zero attached hydrogens (tertiary/aromatic N) is 2. The van der Waals surface area contributed by atoms with Gasteiger partial charge in [-0.2, -0.15) is 0 Å². The van der Waals surface area contributed by atoms with E-state index in [1.54, 1.807) is 6.92 Å². The molecule has 1 aliphatic carbocycles. The Morgan fingerprint density at radius 3 is 2.71 bits per heavy atom. The van der Waals surface area contributed by atoms with Crippen molar-refractivity contribution < 1.29 is 14.0 Å². The molecular weight excluding hydrogens is 328 g/mol. The van der Waals surface area contributed by atoms with E-state index in [0.29, 0.717) is 23.6 Å². The minimum Gasteiger partial charge on any atom is -0.416 e. The van der Waals surface area contributed by atoms with Crippen molar-refractivity contribution in [2.45, 2.75) is 36.2 Å². The van der Waals surface area contributed by atoms with Crippen molar-refractivity contribution in [1.82, 2.24) is 20.8 Å². The number of nitrogens with one attached hydrogen (secondary N) is 2. The van der Waals surface area contributed by atoms with Gasteiger partial charge in [-0.05, 0) is 37.1 Å². The van der Waals surface area contributed by atoms with Gasteiger partial charge in [0.25, 0.3) is 5.22 Å². The summed E-state index contributed by atoms with van der Waals surface area (Å²) in [7, 11) is 0. The SMILES string of the molecule is CCNC(=O)NC(=O)[C@H](Sc1nnc(C2CC2)o1)c1ccccc1. The number of rotatable bonds is 6. The first-order valence-corrected chi connectivity index (χ1v) is 8.69. The van der Waals surface area contributed by atoms with Crippen molar-refractivity contribution in [2.75, 3.05) is 6.54 Å². The van der Waals surface area contributed by atoms with Crippen LogP contribution in [0, 0.1) is 0 Å². The minimum atomic E-state index is -0.652. The van der Waals surface area contributed by atoms with Crippen LogP contribution in [0.5, 0.6) is 0 Å². The van der Waals surface area contributed by atoms with Crippen LogP contribution >= 0.6 is 11.8 Å². The molecule has 0 bridgehead atoms. The zero-order chi connectivity index (χ0) is 16.9. The molecule has 1 atom stereocenters. The van der Waals surface area contributed by atoms with Gasteiger partial charge < -0.3 is 9.73 Å². The number of hydrogen-bond donors (Lipinski definition) is 2. The average molecular weight is 346 g/mol. The molecule has 1 aliphatic rings. The van der Waals surface area contributed by atoms with E-state index in [9.17, 15) is 9.59 Å². The van der Waals surface area contributed by atoms with Gasteiger partial charge >= 0.3 is 6.03 Å². The van der Waals surface area contributed by atoms with Gasteiger partial charge in [0.2, 0.25) is 11.8 Å². The second-order valence-corrected chi connectivity index (χ2v) is 6.49. The summed E-state index contributed by atoms with van der Waals surface area (Å²) in [5.74, 6) is 0.544. The Balaban J connectivity index is 1.76. The lowest BCUT2D eigenvalue weighted by atomic mass is 10.1. The molecule has 3 amide bonds. The number of imide groups is 1. The molecule has 2 N–H and O–H groups in total. The van der Waals surface area contributed by atoms with Crippen molar-refractivity contribution in [3.05, 3.63) is 41.8 Å². The van der Waals surface area contributed by atoms with Crippen LogP contribution < -0.4 is 10.6 Å². The van der Waals surface area contributed by atoms with E-state index in [0.717, 1.165) is 30.2 Å². The maximum Gasteiger partial charge on any atom is 0.321 e. The van der Waals surface area contributed by atoms with Gasteiger partial charge in [-0.1, -0.05) is 30.3 Å². The lowest BCUT2D eigenvalue weighted by Crippen LogP contribution is -2.41. The van der Waals surface area contributed by atoms with Gasteiger partial charge in [-0.25, -0.2) is 4.79 Å². The molecule has 1 saturated carbocycles. The molecule has 1 aromatic heterocycles. The molecule has 1 aromatic carbocycles. The van der Waals surface area contributed by atoms with Crippen LogP contribution in [0.2, 0.25) is 0 Å². The van der Waals surface area contributed by atoms with E-state index >= 15 is 0 Å². The fourth-order valence-electron chi connectivity index (χ4n) is 2.15. The second kappa shape index (κ2) is 7.48. The first kappa shape index (κ1) is 16.5. The number of aromatic nitrogens is 2. The molecule has 24 heavy (non-hydrogen) atoms. The molecule has 0 saturated heterocycles. The Kier molecular flexibility index (Phi) is 5.14. The Hall–Kier alpha value is -2.35. The van der Waals surface area contributed by atoms with Crippen LogP contribution in [-0.4, -0.2) is 28.7 Å². The van der Waals surface area contributed by atoms with Crippen molar-refractivity contribution >= 4 is 23.7 Å². The number of thioether (sulfide) groups is 1. The third-order valence-electron chi connectivity index (χ3n) is 3.48. The van der Waals surface area contributed by atoms with E-state index in [4.69, 9.17) is 4.42 Å². The van der Waals surface area contributed by atoms with Crippen LogP contribution in [0.3, 0.4) is 0 Å². The summed E-state index contributed by atoms with van der Waals surface area (Å²) < 4.78 is 5.62. The van der Waals surface area contributed by atoms with Gasteiger partial charge in [0, 0.05) is 12.5 Å². The molecule has 0 radical (unpaired) electrons. The first-order valence-electron chi connectivity index (χ1n) is 7.81. The molecular formula is C16H18N4O3S. The first-order chi connectivity index (χ1) is 11.7. The Bertz CT molecular complexity index is 715. The van der Waals surface area contributed by atoms with E-state index in [-0.39, 0.29) is 0 Å².